The molecular weight excluding hydrogens is 1040 g/mol. The number of hydrogen-bond donors (Lipinski definition) is 4. The van der Waals surface area contributed by atoms with Crippen LogP contribution in [0, 0.1) is 138 Å². The molecule has 0 aromatic heterocycles. The summed E-state index contributed by atoms with van der Waals surface area (Å²) in [4.78, 5) is 49.5. The molecule has 16 aliphatic carbocycles. The molecule has 16 aliphatic rings. The molecule has 0 saturated heterocycles. The van der Waals surface area contributed by atoms with Crippen LogP contribution in [0.15, 0.2) is 0 Å². The summed E-state index contributed by atoms with van der Waals surface area (Å²) in [6, 6.07) is 0. The molecule has 4 N–H and O–H groups in total. The van der Waals surface area contributed by atoms with Gasteiger partial charge in [-0.05, 0) is 294 Å². The van der Waals surface area contributed by atoms with Gasteiger partial charge in [0, 0.05) is 49.4 Å². The Balaban J connectivity index is 0.000000104. The van der Waals surface area contributed by atoms with Crippen LogP contribution in [0.2, 0.25) is 0 Å². The molecule has 8 unspecified atom stereocenters. The third kappa shape index (κ3) is 9.58. The summed E-state index contributed by atoms with van der Waals surface area (Å²) in [6.07, 6.45) is 40.2. The van der Waals surface area contributed by atoms with Gasteiger partial charge < -0.3 is 20.4 Å². The van der Waals surface area contributed by atoms with E-state index in [9.17, 15) is 39.6 Å². The summed E-state index contributed by atoms with van der Waals surface area (Å²) in [6.45, 7) is 19.0. The van der Waals surface area contributed by atoms with E-state index in [1.54, 1.807) is 0 Å². The molecule has 8 heteroatoms. The quantitative estimate of drug-likeness (QED) is 0.187. The zero-order valence-electron chi connectivity index (χ0n) is 54.4. The number of carbonyl (C=O) groups excluding carboxylic acids is 4. The number of aliphatic hydroxyl groups excluding tert-OH is 4. The topological polar surface area (TPSA) is 149 Å². The molecule has 0 bridgehead atoms. The summed E-state index contributed by atoms with van der Waals surface area (Å²) in [5.74, 6) is 13.1. The summed E-state index contributed by atoms with van der Waals surface area (Å²) in [5.41, 5.74) is 1.69. The molecule has 28 atom stereocenters. The second-order valence-electron chi connectivity index (χ2n) is 36.1. The third-order valence-electron chi connectivity index (χ3n) is 33.4. The van der Waals surface area contributed by atoms with Gasteiger partial charge in [0.15, 0.2) is 0 Å². The first-order valence-electron chi connectivity index (χ1n) is 36.6. The number of ketones is 4. The lowest BCUT2D eigenvalue weighted by molar-refractivity contribution is -0.161. The Labute approximate surface area is 509 Å². The van der Waals surface area contributed by atoms with Crippen molar-refractivity contribution in [2.75, 3.05) is 0 Å². The highest BCUT2D eigenvalue weighted by atomic mass is 16.3. The highest BCUT2D eigenvalue weighted by molar-refractivity contribution is 5.87. The highest BCUT2D eigenvalue weighted by Gasteiger charge is 2.65. The fourth-order valence-corrected chi connectivity index (χ4v) is 27.9. The minimum atomic E-state index is -0.112. The van der Waals surface area contributed by atoms with Crippen molar-refractivity contribution < 1.29 is 39.6 Å². The monoisotopic (exact) mass is 1160 g/mol. The van der Waals surface area contributed by atoms with Gasteiger partial charge in [-0.1, -0.05) is 81.1 Å². The molecule has 0 amide bonds. The molecule has 0 spiro atoms. The molecule has 16 fully saturated rings. The number of hydrogen-bond acceptors (Lipinski definition) is 8. The predicted molar refractivity (Wildman–Crippen MR) is 331 cm³/mol. The van der Waals surface area contributed by atoms with Crippen LogP contribution in [0.25, 0.3) is 0 Å². The molecule has 472 valence electrons. The van der Waals surface area contributed by atoms with E-state index in [-0.39, 0.29) is 51.5 Å². The summed E-state index contributed by atoms with van der Waals surface area (Å²) in [5, 5.41) is 41.8. The standard InChI is InChI=1S/C19H32O2.2C19H30O2.C19H28O2/c4*1-18-9-7-13(20)10-12(18)5-6-14-15-4-3-8-19(15,2)17(21)11-16(14)18/h12-17,20-21H,3-11H2,1-2H3;12,14-17,21H,3-11H2,1-2H3;12-16,20H,3-11H2,1-2H3;12,14-16H,3-11H2,1-2H3/t12?,13?,14-,15-,16-,17?,18-,19+;12?,14-,15-,16-,17?,18-,19+;12?,13?,14-,15-,16-,18-,19+;12?,14-,15-,16-,18-,19+/m0000/s1. The van der Waals surface area contributed by atoms with Crippen molar-refractivity contribution in [2.45, 2.75) is 311 Å². The van der Waals surface area contributed by atoms with Crippen LogP contribution in [0.3, 0.4) is 0 Å². The van der Waals surface area contributed by atoms with E-state index in [1.807, 2.05) is 0 Å². The van der Waals surface area contributed by atoms with Gasteiger partial charge in [0.05, 0.1) is 24.4 Å². The predicted octanol–water partition coefficient (Wildman–Crippen LogP) is 15.8. The molecule has 84 heavy (non-hydrogen) atoms. The van der Waals surface area contributed by atoms with Gasteiger partial charge in [-0.3, -0.25) is 19.2 Å². The zero-order valence-corrected chi connectivity index (χ0v) is 54.4. The molecule has 0 heterocycles. The van der Waals surface area contributed by atoms with Gasteiger partial charge >= 0.3 is 0 Å². The molecule has 0 aliphatic heterocycles. The Kier molecular flexibility index (Phi) is 16.2. The molecule has 8 nitrogen and oxygen atoms in total. The fraction of sp³-hybridized carbons (Fsp3) is 0.947. The Hall–Kier alpha value is -1.48. The lowest BCUT2D eigenvalue weighted by Gasteiger charge is -2.61. The third-order valence-corrected chi connectivity index (χ3v) is 33.4. The normalized spacial score (nSPS) is 56.5. The van der Waals surface area contributed by atoms with Crippen molar-refractivity contribution in [1.29, 1.82) is 0 Å². The van der Waals surface area contributed by atoms with E-state index in [4.69, 9.17) is 0 Å². The van der Waals surface area contributed by atoms with Crippen LogP contribution in [-0.4, -0.2) is 68.0 Å². The molecule has 16 rings (SSSR count). The van der Waals surface area contributed by atoms with Gasteiger partial charge in [0.1, 0.15) is 23.1 Å². The van der Waals surface area contributed by atoms with E-state index in [0.717, 1.165) is 145 Å². The van der Waals surface area contributed by atoms with Gasteiger partial charge in [-0.15, -0.1) is 0 Å². The lowest BCUT2D eigenvalue weighted by atomic mass is 9.44. The van der Waals surface area contributed by atoms with Crippen molar-refractivity contribution in [3.05, 3.63) is 0 Å². The van der Waals surface area contributed by atoms with Crippen LogP contribution < -0.4 is 0 Å². The second-order valence-corrected chi connectivity index (χ2v) is 36.1. The number of aliphatic hydroxyl groups is 4. The van der Waals surface area contributed by atoms with Crippen molar-refractivity contribution in [2.24, 2.45) is 138 Å². The van der Waals surface area contributed by atoms with E-state index < -0.39 is 0 Å². The Morgan fingerprint density at radius 1 is 0.298 bits per heavy atom. The maximum Gasteiger partial charge on any atom is 0.139 e. The first kappa shape index (κ1) is 61.4. The van der Waals surface area contributed by atoms with Gasteiger partial charge in [-0.2, -0.15) is 0 Å². The van der Waals surface area contributed by atoms with Crippen molar-refractivity contribution >= 4 is 23.1 Å². The van der Waals surface area contributed by atoms with Crippen molar-refractivity contribution in [3.63, 3.8) is 0 Å². The van der Waals surface area contributed by atoms with Gasteiger partial charge in [0.2, 0.25) is 0 Å². The minimum absolute atomic E-state index is 0.00511. The van der Waals surface area contributed by atoms with Crippen molar-refractivity contribution in [3.8, 4) is 0 Å². The Morgan fingerprint density at radius 2 is 0.631 bits per heavy atom. The number of rotatable bonds is 0. The van der Waals surface area contributed by atoms with E-state index in [0.29, 0.717) is 98.6 Å². The van der Waals surface area contributed by atoms with E-state index in [1.165, 1.54) is 122 Å². The van der Waals surface area contributed by atoms with Crippen LogP contribution in [0.5, 0.6) is 0 Å². The number of carbonyl (C=O) groups is 4. The molecule has 0 aromatic carbocycles. The van der Waals surface area contributed by atoms with E-state index in [2.05, 4.69) is 55.4 Å². The average Bonchev–Trinajstić information content (AvgIpc) is 1.61. The highest BCUT2D eigenvalue weighted by Crippen LogP contribution is 2.70. The molecule has 16 saturated carbocycles. The summed E-state index contributed by atoms with van der Waals surface area (Å²) >= 11 is 0. The van der Waals surface area contributed by atoms with Gasteiger partial charge in [-0.25, -0.2) is 0 Å². The zero-order chi connectivity index (χ0) is 59.3. The SMILES string of the molecule is C[C@@]12CCC[C@H]1[C@@H]1CCC3CC(=O)CC[C@]3(C)[C@H]1CC2=O.C[C@@]12CCC[C@H]1[C@@H]1CCC3CC(=O)CC[C@]3(C)[C@H]1CC2O.C[C@@]12CCC[C@H]1[C@@H]1CCC3CC(O)CC[C@]3(C)[C@H]1CC2=O.C[C@@]12CCC[C@H]1[C@@H]1CCC3CC(O)CC[C@]3(C)[C@H]1CC2O. The van der Waals surface area contributed by atoms with Crippen LogP contribution >= 0.6 is 0 Å². The van der Waals surface area contributed by atoms with Crippen LogP contribution in [0.4, 0.5) is 0 Å². The first-order chi connectivity index (χ1) is 39.8. The Bertz CT molecular complexity index is 2510. The maximum atomic E-state index is 12.9. The fourth-order valence-electron chi connectivity index (χ4n) is 27.9. The largest absolute Gasteiger partial charge is 0.393 e. The lowest BCUT2D eigenvalue weighted by Crippen LogP contribution is -2.57. The molecular formula is C76H120O8. The van der Waals surface area contributed by atoms with Crippen molar-refractivity contribution in [1.82, 2.24) is 0 Å². The Morgan fingerprint density at radius 3 is 1.05 bits per heavy atom. The van der Waals surface area contributed by atoms with E-state index >= 15 is 0 Å². The summed E-state index contributed by atoms with van der Waals surface area (Å²) < 4.78 is 0. The maximum absolute atomic E-state index is 12.9. The number of fused-ring (bicyclic) bond motifs is 20. The second kappa shape index (κ2) is 22.1. The smallest absolute Gasteiger partial charge is 0.139 e. The van der Waals surface area contributed by atoms with Crippen LogP contribution in [-0.2, 0) is 19.2 Å². The molecule has 0 radical (unpaired) electrons. The first-order valence-corrected chi connectivity index (χ1v) is 36.6. The van der Waals surface area contributed by atoms with Gasteiger partial charge in [0.25, 0.3) is 0 Å². The van der Waals surface area contributed by atoms with Crippen LogP contribution in [0.1, 0.15) is 287 Å². The number of Topliss-reactive ketones (excluding diaryl/α,β-unsaturated/α-hetero) is 4. The summed E-state index contributed by atoms with van der Waals surface area (Å²) in [7, 11) is 0. The average molecular weight is 1160 g/mol. The molecule has 0 aromatic rings. The minimum Gasteiger partial charge on any atom is -0.393 e.